The third-order valence-electron chi connectivity index (χ3n) is 4.15. The average molecular weight is 333 g/mol. The van der Waals surface area contributed by atoms with Crippen molar-refractivity contribution in [2.45, 2.75) is 71.3 Å². The van der Waals surface area contributed by atoms with Crippen molar-refractivity contribution in [1.82, 2.24) is 5.32 Å². The predicted molar refractivity (Wildman–Crippen MR) is 97.2 cm³/mol. The van der Waals surface area contributed by atoms with Crippen LogP contribution >= 0.6 is 0 Å². The Morgan fingerprint density at radius 1 is 1.08 bits per heavy atom. The Morgan fingerprint density at radius 2 is 1.71 bits per heavy atom. The summed E-state index contributed by atoms with van der Waals surface area (Å²) in [6, 6.07) is 6.96. The van der Waals surface area contributed by atoms with Crippen molar-refractivity contribution in [2.75, 3.05) is 7.11 Å². The highest BCUT2D eigenvalue weighted by Crippen LogP contribution is 2.22. The first-order valence-corrected chi connectivity index (χ1v) is 8.78. The summed E-state index contributed by atoms with van der Waals surface area (Å²) in [5.41, 5.74) is 1.77. The van der Waals surface area contributed by atoms with E-state index in [9.17, 15) is 9.59 Å². The van der Waals surface area contributed by atoms with Crippen LogP contribution in [0.5, 0.6) is 0 Å². The van der Waals surface area contributed by atoms with Crippen molar-refractivity contribution in [2.24, 2.45) is 0 Å². The quantitative estimate of drug-likeness (QED) is 0.572. The number of carbonyl (C=O) groups excluding carboxylic acids is 2. The fraction of sp³-hybridized carbons (Fsp3) is 0.600. The van der Waals surface area contributed by atoms with Crippen LogP contribution in [-0.4, -0.2) is 25.0 Å². The molecule has 1 aromatic carbocycles. The van der Waals surface area contributed by atoms with Crippen molar-refractivity contribution < 1.29 is 14.3 Å². The lowest BCUT2D eigenvalue weighted by Crippen LogP contribution is -2.41. The van der Waals surface area contributed by atoms with Gasteiger partial charge in [0.2, 0.25) is 0 Å². The average Bonchev–Trinajstić information content (AvgIpc) is 2.56. The zero-order valence-corrected chi connectivity index (χ0v) is 15.6. The first-order chi connectivity index (χ1) is 11.3. The molecule has 24 heavy (non-hydrogen) atoms. The number of rotatable bonds is 8. The molecule has 0 aromatic heterocycles. The number of nitrogens with one attached hydrogen (secondary N) is 1. The van der Waals surface area contributed by atoms with Gasteiger partial charge in [-0.15, -0.1) is 0 Å². The molecular weight excluding hydrogens is 302 g/mol. The standard InChI is InChI=1S/C20H31NO3/c1-6-7-8-9-10-17(19(23)24-5)21-18(22)15-11-13-16(14-12-15)20(2,3)4/h11-14,17H,6-10H2,1-5H3,(H,21,22)/t17-/m0/s1. The molecule has 0 aliphatic heterocycles. The SMILES string of the molecule is CCCCCC[C@H](NC(=O)c1ccc(C(C)(C)C)cc1)C(=O)OC. The highest BCUT2D eigenvalue weighted by Gasteiger charge is 2.22. The molecular formula is C20H31NO3. The second-order valence-electron chi connectivity index (χ2n) is 7.23. The molecule has 0 unspecified atom stereocenters. The number of amides is 1. The molecule has 0 aliphatic carbocycles. The number of carbonyl (C=O) groups is 2. The van der Waals surface area contributed by atoms with Gasteiger partial charge in [-0.05, 0) is 29.5 Å². The molecule has 1 rings (SSSR count). The van der Waals surface area contributed by atoms with Crippen LogP contribution in [0.3, 0.4) is 0 Å². The molecule has 0 fully saturated rings. The third kappa shape index (κ3) is 6.34. The van der Waals surface area contributed by atoms with Gasteiger partial charge in [0.25, 0.3) is 5.91 Å². The Morgan fingerprint density at radius 3 is 2.21 bits per heavy atom. The maximum atomic E-state index is 12.4. The van der Waals surface area contributed by atoms with Crippen molar-refractivity contribution >= 4 is 11.9 Å². The van der Waals surface area contributed by atoms with Crippen LogP contribution in [0.25, 0.3) is 0 Å². The van der Waals surface area contributed by atoms with E-state index in [1.807, 2.05) is 12.1 Å². The van der Waals surface area contributed by atoms with Gasteiger partial charge in [-0.3, -0.25) is 4.79 Å². The van der Waals surface area contributed by atoms with E-state index in [0.717, 1.165) is 25.7 Å². The molecule has 0 heterocycles. The molecule has 1 aromatic rings. The van der Waals surface area contributed by atoms with Gasteiger partial charge in [-0.25, -0.2) is 4.79 Å². The van der Waals surface area contributed by atoms with Crippen LogP contribution in [0.4, 0.5) is 0 Å². The number of esters is 1. The van der Waals surface area contributed by atoms with E-state index in [1.54, 1.807) is 12.1 Å². The van der Waals surface area contributed by atoms with E-state index in [4.69, 9.17) is 4.74 Å². The van der Waals surface area contributed by atoms with Gasteiger partial charge in [0.1, 0.15) is 6.04 Å². The number of benzene rings is 1. The first-order valence-electron chi connectivity index (χ1n) is 8.78. The molecule has 4 nitrogen and oxygen atoms in total. The van der Waals surface area contributed by atoms with Gasteiger partial charge in [-0.1, -0.05) is 65.5 Å². The van der Waals surface area contributed by atoms with Crippen LogP contribution in [0, 0.1) is 0 Å². The number of hydrogen-bond acceptors (Lipinski definition) is 3. The summed E-state index contributed by atoms with van der Waals surface area (Å²) in [5, 5.41) is 2.81. The summed E-state index contributed by atoms with van der Waals surface area (Å²) in [6.45, 7) is 8.53. The monoisotopic (exact) mass is 333 g/mol. The van der Waals surface area contributed by atoms with Gasteiger partial charge < -0.3 is 10.1 Å². The smallest absolute Gasteiger partial charge is 0.328 e. The zero-order valence-electron chi connectivity index (χ0n) is 15.6. The molecule has 134 valence electrons. The minimum absolute atomic E-state index is 0.0445. The molecule has 1 atom stereocenters. The Kier molecular flexibility index (Phi) is 7.96. The first kappa shape index (κ1) is 20.2. The molecule has 0 spiro atoms. The highest BCUT2D eigenvalue weighted by atomic mass is 16.5. The molecule has 0 aliphatic rings. The summed E-state index contributed by atoms with van der Waals surface area (Å²) in [7, 11) is 1.35. The molecule has 4 heteroatoms. The molecule has 0 saturated carbocycles. The number of ether oxygens (including phenoxy) is 1. The minimum atomic E-state index is -0.582. The van der Waals surface area contributed by atoms with Crippen molar-refractivity contribution in [1.29, 1.82) is 0 Å². The van der Waals surface area contributed by atoms with Crippen LogP contribution in [0.15, 0.2) is 24.3 Å². The van der Waals surface area contributed by atoms with Gasteiger partial charge in [0, 0.05) is 5.56 Å². The second kappa shape index (κ2) is 9.45. The van der Waals surface area contributed by atoms with Crippen molar-refractivity contribution in [3.8, 4) is 0 Å². The van der Waals surface area contributed by atoms with E-state index in [2.05, 4.69) is 33.0 Å². The summed E-state index contributed by atoms with van der Waals surface area (Å²) in [5.74, 6) is -0.618. The van der Waals surface area contributed by atoms with Crippen LogP contribution < -0.4 is 5.32 Å². The van der Waals surface area contributed by atoms with Crippen LogP contribution in [0.1, 0.15) is 75.7 Å². The lowest BCUT2D eigenvalue weighted by Gasteiger charge is -2.20. The Labute approximate surface area is 146 Å². The zero-order chi connectivity index (χ0) is 18.2. The number of hydrogen-bond donors (Lipinski definition) is 1. The summed E-state index contributed by atoms with van der Waals surface area (Å²) >= 11 is 0. The third-order valence-corrected chi connectivity index (χ3v) is 4.15. The Bertz CT molecular complexity index is 529. The number of methoxy groups -OCH3 is 1. The highest BCUT2D eigenvalue weighted by molar-refractivity contribution is 5.96. The van der Waals surface area contributed by atoms with Gasteiger partial charge in [0.05, 0.1) is 7.11 Å². The Balaban J connectivity index is 2.71. The molecule has 0 bridgehead atoms. The predicted octanol–water partition coefficient (Wildman–Crippen LogP) is 4.23. The maximum absolute atomic E-state index is 12.4. The van der Waals surface area contributed by atoms with Crippen molar-refractivity contribution in [3.05, 3.63) is 35.4 Å². The van der Waals surface area contributed by atoms with E-state index in [-0.39, 0.29) is 17.3 Å². The van der Waals surface area contributed by atoms with Gasteiger partial charge >= 0.3 is 5.97 Å². The number of unbranched alkanes of at least 4 members (excludes halogenated alkanes) is 3. The fourth-order valence-corrected chi connectivity index (χ4v) is 2.53. The normalized spacial score (nSPS) is 12.5. The fourth-order valence-electron chi connectivity index (χ4n) is 2.53. The minimum Gasteiger partial charge on any atom is -0.467 e. The lowest BCUT2D eigenvalue weighted by atomic mass is 9.86. The van der Waals surface area contributed by atoms with Gasteiger partial charge in [-0.2, -0.15) is 0 Å². The summed E-state index contributed by atoms with van der Waals surface area (Å²) < 4.78 is 4.82. The molecule has 1 N–H and O–H groups in total. The summed E-state index contributed by atoms with van der Waals surface area (Å²) in [6.07, 6.45) is 4.83. The lowest BCUT2D eigenvalue weighted by molar-refractivity contribution is -0.143. The molecule has 0 radical (unpaired) electrons. The van der Waals surface area contributed by atoms with E-state index >= 15 is 0 Å². The van der Waals surface area contributed by atoms with Crippen molar-refractivity contribution in [3.63, 3.8) is 0 Å². The van der Waals surface area contributed by atoms with E-state index < -0.39 is 6.04 Å². The molecule has 1 amide bonds. The molecule has 0 saturated heterocycles. The van der Waals surface area contributed by atoms with Crippen LogP contribution in [-0.2, 0) is 14.9 Å². The van der Waals surface area contributed by atoms with Gasteiger partial charge in [0.15, 0.2) is 0 Å². The second-order valence-corrected chi connectivity index (χ2v) is 7.23. The largest absolute Gasteiger partial charge is 0.467 e. The summed E-state index contributed by atoms with van der Waals surface area (Å²) in [4.78, 5) is 24.3. The van der Waals surface area contributed by atoms with Crippen LogP contribution in [0.2, 0.25) is 0 Å². The van der Waals surface area contributed by atoms with E-state index in [1.165, 1.54) is 12.7 Å². The maximum Gasteiger partial charge on any atom is 0.328 e. The topological polar surface area (TPSA) is 55.4 Å². The van der Waals surface area contributed by atoms with E-state index in [0.29, 0.717) is 12.0 Å². The Hall–Kier alpha value is -1.84.